The third-order valence-electron chi connectivity index (χ3n) is 5.23. The molecule has 0 atom stereocenters. The monoisotopic (exact) mass is 417 g/mol. The molecule has 0 spiro atoms. The zero-order valence-corrected chi connectivity index (χ0v) is 18.6. The van der Waals surface area contributed by atoms with Crippen LogP contribution in [0.25, 0.3) is 11.5 Å². The third kappa shape index (κ3) is 5.98. The predicted molar refractivity (Wildman–Crippen MR) is 116 cm³/mol. The Kier molecular flexibility index (Phi) is 7.21. The van der Waals surface area contributed by atoms with Crippen molar-refractivity contribution in [1.29, 1.82) is 0 Å². The molecular formula is C21H31N5O2S. The number of carbonyl (C=O) groups is 1. The number of amides is 1. The highest BCUT2D eigenvalue weighted by molar-refractivity contribution is 7.71. The Labute approximate surface area is 177 Å². The van der Waals surface area contributed by atoms with Crippen molar-refractivity contribution in [2.75, 3.05) is 39.3 Å². The first-order valence-corrected chi connectivity index (χ1v) is 10.6. The number of aromatic nitrogens is 2. The lowest BCUT2D eigenvalue weighted by molar-refractivity contribution is -0.122. The molecule has 2 aromatic rings. The van der Waals surface area contributed by atoms with E-state index in [2.05, 4.69) is 60.0 Å². The maximum Gasteiger partial charge on any atom is 0.288 e. The number of rotatable bonds is 7. The number of hydrogen-bond donors (Lipinski definition) is 1. The molecule has 8 heteroatoms. The van der Waals surface area contributed by atoms with Crippen molar-refractivity contribution in [1.82, 2.24) is 24.9 Å². The molecule has 1 aromatic heterocycles. The minimum Gasteiger partial charge on any atom is -0.409 e. The Morgan fingerprint density at radius 3 is 2.52 bits per heavy atom. The van der Waals surface area contributed by atoms with Crippen molar-refractivity contribution in [3.05, 3.63) is 34.2 Å². The van der Waals surface area contributed by atoms with E-state index in [1.54, 1.807) is 4.68 Å². The van der Waals surface area contributed by atoms with E-state index >= 15 is 0 Å². The fourth-order valence-electron chi connectivity index (χ4n) is 3.24. The highest BCUT2D eigenvalue weighted by Crippen LogP contribution is 2.21. The van der Waals surface area contributed by atoms with E-state index in [1.165, 1.54) is 11.1 Å². The molecule has 1 aliphatic rings. The van der Waals surface area contributed by atoms with Gasteiger partial charge in [0.25, 0.3) is 4.84 Å². The number of piperazine rings is 1. The summed E-state index contributed by atoms with van der Waals surface area (Å²) < 4.78 is 7.47. The summed E-state index contributed by atoms with van der Waals surface area (Å²) in [6.07, 6.45) is 0. The van der Waals surface area contributed by atoms with Crippen molar-refractivity contribution in [3.8, 4) is 11.5 Å². The van der Waals surface area contributed by atoms with Crippen LogP contribution in [-0.2, 0) is 11.5 Å². The molecule has 3 rings (SSSR count). The summed E-state index contributed by atoms with van der Waals surface area (Å²) in [5.41, 5.74) is 3.38. The van der Waals surface area contributed by atoms with Gasteiger partial charge in [-0.2, -0.15) is 0 Å². The second kappa shape index (κ2) is 9.65. The molecule has 0 unspecified atom stereocenters. The number of nitrogens with one attached hydrogen (secondary N) is 1. The van der Waals surface area contributed by atoms with Crippen molar-refractivity contribution < 1.29 is 9.21 Å². The topological polar surface area (TPSA) is 66.5 Å². The first-order chi connectivity index (χ1) is 13.8. The van der Waals surface area contributed by atoms with Crippen LogP contribution in [0.5, 0.6) is 0 Å². The van der Waals surface area contributed by atoms with Crippen LogP contribution in [0.2, 0.25) is 0 Å². The lowest BCUT2D eigenvalue weighted by atomic mass is 10.1. The van der Waals surface area contributed by atoms with Crippen LogP contribution in [0, 0.1) is 24.6 Å². The van der Waals surface area contributed by atoms with Crippen LogP contribution < -0.4 is 5.32 Å². The zero-order valence-electron chi connectivity index (χ0n) is 17.8. The van der Waals surface area contributed by atoms with Gasteiger partial charge in [-0.1, -0.05) is 19.9 Å². The summed E-state index contributed by atoms with van der Waals surface area (Å²) in [5, 5.41) is 7.56. The lowest BCUT2D eigenvalue weighted by Gasteiger charge is -2.33. The highest BCUT2D eigenvalue weighted by atomic mass is 32.1. The summed E-state index contributed by atoms with van der Waals surface area (Å²) in [7, 11) is 0. The van der Waals surface area contributed by atoms with Crippen LogP contribution in [0.4, 0.5) is 0 Å². The van der Waals surface area contributed by atoms with E-state index in [4.69, 9.17) is 16.6 Å². The normalized spacial score (nSPS) is 15.8. The van der Waals surface area contributed by atoms with Crippen molar-refractivity contribution >= 4 is 18.1 Å². The van der Waals surface area contributed by atoms with E-state index in [1.807, 2.05) is 6.07 Å². The zero-order chi connectivity index (χ0) is 21.0. The minimum atomic E-state index is 0.101. The second-order valence-corrected chi connectivity index (χ2v) is 8.55. The fraction of sp³-hybridized carbons (Fsp3) is 0.571. The van der Waals surface area contributed by atoms with Crippen molar-refractivity contribution in [3.63, 3.8) is 0 Å². The molecule has 0 saturated carbocycles. The van der Waals surface area contributed by atoms with Crippen LogP contribution in [0.15, 0.2) is 22.6 Å². The van der Waals surface area contributed by atoms with Gasteiger partial charge in [-0.25, -0.2) is 4.68 Å². The van der Waals surface area contributed by atoms with Gasteiger partial charge in [-0.3, -0.25) is 14.6 Å². The molecular weight excluding hydrogens is 386 g/mol. The maximum absolute atomic E-state index is 12.0. The SMILES string of the molecule is Cc1ccc(-c2nn(CN3CCN(CC(=O)NCC(C)C)CC3)c(=S)o2)cc1C. The molecule has 1 aliphatic heterocycles. The number of aryl methyl sites for hydroxylation is 2. The first-order valence-electron chi connectivity index (χ1n) is 10.2. The smallest absolute Gasteiger partial charge is 0.288 e. The van der Waals surface area contributed by atoms with Crippen LogP contribution in [-0.4, -0.2) is 64.8 Å². The maximum atomic E-state index is 12.0. The molecule has 1 aromatic carbocycles. The number of carbonyl (C=O) groups excluding carboxylic acids is 1. The lowest BCUT2D eigenvalue weighted by Crippen LogP contribution is -2.50. The number of hydrogen-bond acceptors (Lipinski definition) is 6. The Morgan fingerprint density at radius 1 is 1.17 bits per heavy atom. The van der Waals surface area contributed by atoms with E-state index in [0.29, 0.717) is 29.9 Å². The molecule has 158 valence electrons. The van der Waals surface area contributed by atoms with Crippen molar-refractivity contribution in [2.24, 2.45) is 5.92 Å². The predicted octanol–water partition coefficient (Wildman–Crippen LogP) is 2.84. The standard InChI is InChI=1S/C21H31N5O2S/c1-15(2)12-22-19(27)13-24-7-9-25(10-8-24)14-26-21(29)28-20(23-26)18-6-5-16(3)17(4)11-18/h5-6,11,15H,7-10,12-14H2,1-4H3,(H,22,27). The average molecular weight is 418 g/mol. The van der Waals surface area contributed by atoms with Crippen LogP contribution in [0.3, 0.4) is 0 Å². The highest BCUT2D eigenvalue weighted by Gasteiger charge is 2.20. The summed E-state index contributed by atoms with van der Waals surface area (Å²) in [5.74, 6) is 1.12. The van der Waals surface area contributed by atoms with Gasteiger partial charge in [-0.05, 0) is 55.2 Å². The van der Waals surface area contributed by atoms with Crippen molar-refractivity contribution in [2.45, 2.75) is 34.4 Å². The number of benzene rings is 1. The number of nitrogens with zero attached hydrogens (tertiary/aromatic N) is 4. The van der Waals surface area contributed by atoms with Gasteiger partial charge in [0.1, 0.15) is 0 Å². The van der Waals surface area contributed by atoms with E-state index in [-0.39, 0.29) is 5.91 Å². The first kappa shape index (κ1) is 21.7. The Morgan fingerprint density at radius 2 is 1.86 bits per heavy atom. The summed E-state index contributed by atoms with van der Waals surface area (Å²) in [6, 6.07) is 6.15. The molecule has 1 saturated heterocycles. The van der Waals surface area contributed by atoms with Gasteiger partial charge in [0.2, 0.25) is 11.8 Å². The molecule has 29 heavy (non-hydrogen) atoms. The Balaban J connectivity index is 1.53. The molecule has 0 bridgehead atoms. The van der Waals surface area contributed by atoms with Crippen LogP contribution in [0.1, 0.15) is 25.0 Å². The van der Waals surface area contributed by atoms with Crippen LogP contribution >= 0.6 is 12.2 Å². The molecule has 2 heterocycles. The molecule has 0 aliphatic carbocycles. The van der Waals surface area contributed by atoms with Gasteiger partial charge in [0, 0.05) is 38.3 Å². The average Bonchev–Trinajstić information content (AvgIpc) is 3.04. The molecule has 0 radical (unpaired) electrons. The quantitative estimate of drug-likeness (QED) is 0.699. The van der Waals surface area contributed by atoms with E-state index in [0.717, 1.165) is 38.3 Å². The summed E-state index contributed by atoms with van der Waals surface area (Å²) in [4.78, 5) is 16.9. The van der Waals surface area contributed by atoms with Gasteiger partial charge >= 0.3 is 0 Å². The minimum absolute atomic E-state index is 0.101. The second-order valence-electron chi connectivity index (χ2n) is 8.21. The largest absolute Gasteiger partial charge is 0.409 e. The van der Waals surface area contributed by atoms with E-state index < -0.39 is 0 Å². The Hall–Kier alpha value is -2.03. The molecule has 7 nitrogen and oxygen atoms in total. The van der Waals surface area contributed by atoms with Gasteiger partial charge in [0.05, 0.1) is 13.2 Å². The fourth-order valence-corrected chi connectivity index (χ4v) is 3.42. The Bertz CT molecular complexity index is 897. The third-order valence-corrected chi connectivity index (χ3v) is 5.53. The molecule has 1 amide bonds. The summed E-state index contributed by atoms with van der Waals surface area (Å²) in [6.45, 7) is 13.6. The van der Waals surface area contributed by atoms with Gasteiger partial charge < -0.3 is 9.73 Å². The van der Waals surface area contributed by atoms with Gasteiger partial charge in [0.15, 0.2) is 0 Å². The summed E-state index contributed by atoms with van der Waals surface area (Å²) >= 11 is 5.37. The molecule has 1 N–H and O–H groups in total. The van der Waals surface area contributed by atoms with Gasteiger partial charge in [-0.15, -0.1) is 5.10 Å². The molecule has 1 fully saturated rings. The van der Waals surface area contributed by atoms with E-state index in [9.17, 15) is 4.79 Å².